The highest BCUT2D eigenvalue weighted by molar-refractivity contribution is 5.75. The monoisotopic (exact) mass is 195 g/mol. The van der Waals surface area contributed by atoms with Crippen LogP contribution in [0.4, 0.5) is 0 Å². The summed E-state index contributed by atoms with van der Waals surface area (Å²) in [7, 11) is 3.56. The van der Waals surface area contributed by atoms with E-state index >= 15 is 0 Å². The average Bonchev–Trinajstić information content (AvgIpc) is 2.64. The number of amides is 1. The molecule has 0 saturated carbocycles. The molecular weight excluding hydrogens is 178 g/mol. The van der Waals surface area contributed by atoms with Gasteiger partial charge < -0.3 is 10.3 Å². The molecule has 14 heavy (non-hydrogen) atoms. The molecule has 0 aliphatic rings. The third kappa shape index (κ3) is 3.51. The molecule has 0 spiro atoms. The molecule has 1 aromatic rings. The number of hydrogen-bond acceptors (Lipinski definition) is 2. The van der Waals surface area contributed by atoms with Crippen LogP contribution in [0.25, 0.3) is 0 Å². The molecule has 1 rings (SSSR count). The van der Waals surface area contributed by atoms with Crippen LogP contribution in [0.15, 0.2) is 24.5 Å². The van der Waals surface area contributed by atoms with E-state index in [2.05, 4.69) is 5.43 Å². The summed E-state index contributed by atoms with van der Waals surface area (Å²) in [6, 6.07) is 3.91. The summed E-state index contributed by atoms with van der Waals surface area (Å²) in [5, 5.41) is 0. The molecule has 78 valence electrons. The average molecular weight is 195 g/mol. The zero-order valence-electron chi connectivity index (χ0n) is 8.73. The van der Waals surface area contributed by atoms with Crippen LogP contribution in [0.3, 0.4) is 0 Å². The molecule has 1 aromatic heterocycles. The lowest BCUT2D eigenvalue weighted by molar-refractivity contribution is -0.128. The highest BCUT2D eigenvalue weighted by Gasteiger charge is 2.01. The highest BCUT2D eigenvalue weighted by Crippen LogP contribution is 1.93. The Morgan fingerprint density at radius 2 is 2.00 bits per heavy atom. The quantitative estimate of drug-likeness (QED) is 0.709. The number of nitrogens with one attached hydrogen (secondary N) is 1. The molecule has 0 fully saturated rings. The fraction of sp³-hybridized carbons (Fsp3) is 0.500. The first kappa shape index (κ1) is 10.6. The molecule has 1 heterocycles. The van der Waals surface area contributed by atoms with Crippen LogP contribution < -0.4 is 5.43 Å². The van der Waals surface area contributed by atoms with Crippen molar-refractivity contribution in [2.24, 2.45) is 0 Å². The lowest BCUT2D eigenvalue weighted by Crippen LogP contribution is -2.23. The number of aromatic nitrogens is 1. The maximum atomic E-state index is 11.2. The summed E-state index contributed by atoms with van der Waals surface area (Å²) in [5.41, 5.74) is 3.16. The maximum Gasteiger partial charge on any atom is 0.222 e. The molecule has 0 aliphatic heterocycles. The van der Waals surface area contributed by atoms with Gasteiger partial charge in [-0.05, 0) is 18.6 Å². The summed E-state index contributed by atoms with van der Waals surface area (Å²) in [4.78, 5) is 12.8. The van der Waals surface area contributed by atoms with E-state index in [0.717, 1.165) is 13.0 Å². The molecule has 0 bridgehead atoms. The van der Waals surface area contributed by atoms with Crippen LogP contribution in [0.1, 0.15) is 12.8 Å². The van der Waals surface area contributed by atoms with E-state index in [0.29, 0.717) is 6.42 Å². The number of nitrogens with zero attached hydrogens (tertiary/aromatic N) is 2. The number of rotatable bonds is 5. The first-order valence-electron chi connectivity index (χ1n) is 4.77. The highest BCUT2D eigenvalue weighted by atomic mass is 16.2. The Morgan fingerprint density at radius 1 is 1.36 bits per heavy atom. The molecule has 0 radical (unpaired) electrons. The number of carbonyl (C=O) groups excluding carboxylic acids is 1. The van der Waals surface area contributed by atoms with Gasteiger partial charge in [-0.1, -0.05) is 0 Å². The molecule has 1 amide bonds. The van der Waals surface area contributed by atoms with E-state index in [-0.39, 0.29) is 5.91 Å². The van der Waals surface area contributed by atoms with Crippen LogP contribution in [0.2, 0.25) is 0 Å². The topological polar surface area (TPSA) is 37.3 Å². The van der Waals surface area contributed by atoms with Crippen molar-refractivity contribution in [2.45, 2.75) is 12.8 Å². The van der Waals surface area contributed by atoms with Crippen molar-refractivity contribution < 1.29 is 4.79 Å². The Hall–Kier alpha value is -1.45. The number of carbonyl (C=O) groups is 1. The van der Waals surface area contributed by atoms with Crippen molar-refractivity contribution in [3.8, 4) is 0 Å². The van der Waals surface area contributed by atoms with Gasteiger partial charge in [0.2, 0.25) is 5.91 Å². The summed E-state index contributed by atoms with van der Waals surface area (Å²) < 4.78 is 1.89. The van der Waals surface area contributed by atoms with Gasteiger partial charge >= 0.3 is 0 Å². The Kier molecular flexibility index (Phi) is 4.04. The zero-order chi connectivity index (χ0) is 10.4. The van der Waals surface area contributed by atoms with Gasteiger partial charge in [0.1, 0.15) is 0 Å². The van der Waals surface area contributed by atoms with Crippen molar-refractivity contribution in [3.63, 3.8) is 0 Å². The van der Waals surface area contributed by atoms with E-state index in [9.17, 15) is 4.79 Å². The van der Waals surface area contributed by atoms with Gasteiger partial charge in [-0.2, -0.15) is 0 Å². The Labute approximate surface area is 84.5 Å². The minimum Gasteiger partial charge on any atom is -0.349 e. The zero-order valence-corrected chi connectivity index (χ0v) is 8.73. The molecule has 0 atom stereocenters. The van der Waals surface area contributed by atoms with Crippen molar-refractivity contribution in [3.05, 3.63) is 24.5 Å². The van der Waals surface area contributed by atoms with Gasteiger partial charge in [0, 0.05) is 39.5 Å². The summed E-state index contributed by atoms with van der Waals surface area (Å²) in [6.45, 7) is 0.814. The van der Waals surface area contributed by atoms with Crippen LogP contribution in [0, 0.1) is 0 Å². The third-order valence-electron chi connectivity index (χ3n) is 1.97. The Bertz CT molecular complexity index is 267. The summed E-state index contributed by atoms with van der Waals surface area (Å²) >= 11 is 0. The Balaban J connectivity index is 2.08. The largest absolute Gasteiger partial charge is 0.349 e. The third-order valence-corrected chi connectivity index (χ3v) is 1.97. The maximum absolute atomic E-state index is 11.2. The van der Waals surface area contributed by atoms with Crippen LogP contribution in [-0.2, 0) is 4.79 Å². The predicted molar refractivity (Wildman–Crippen MR) is 56.6 cm³/mol. The lowest BCUT2D eigenvalue weighted by atomic mass is 10.3. The minimum atomic E-state index is 0.180. The molecule has 0 unspecified atom stereocenters. The van der Waals surface area contributed by atoms with Crippen LogP contribution in [-0.4, -0.2) is 36.1 Å². The first-order chi connectivity index (χ1) is 6.70. The van der Waals surface area contributed by atoms with Gasteiger partial charge in [-0.15, -0.1) is 0 Å². The molecule has 0 aromatic carbocycles. The van der Waals surface area contributed by atoms with E-state index in [1.807, 2.05) is 29.2 Å². The van der Waals surface area contributed by atoms with Crippen molar-refractivity contribution in [2.75, 3.05) is 26.1 Å². The van der Waals surface area contributed by atoms with Gasteiger partial charge in [0.15, 0.2) is 0 Å². The van der Waals surface area contributed by atoms with E-state index < -0.39 is 0 Å². The smallest absolute Gasteiger partial charge is 0.222 e. The molecular formula is C10H17N3O. The lowest BCUT2D eigenvalue weighted by Gasteiger charge is -2.10. The molecule has 4 nitrogen and oxygen atoms in total. The fourth-order valence-electron chi connectivity index (χ4n) is 1.11. The molecule has 0 saturated heterocycles. The molecule has 1 N–H and O–H groups in total. The Morgan fingerprint density at radius 3 is 2.57 bits per heavy atom. The second kappa shape index (κ2) is 5.32. The normalized spacial score (nSPS) is 9.86. The number of hydrogen-bond donors (Lipinski definition) is 1. The van der Waals surface area contributed by atoms with Crippen molar-refractivity contribution in [1.82, 2.24) is 9.58 Å². The second-order valence-corrected chi connectivity index (χ2v) is 3.39. The first-order valence-corrected chi connectivity index (χ1v) is 4.77. The van der Waals surface area contributed by atoms with E-state index in [4.69, 9.17) is 0 Å². The van der Waals surface area contributed by atoms with Crippen LogP contribution >= 0.6 is 0 Å². The SMILES string of the molecule is CN(C)C(=O)CCCNn1cccc1. The standard InChI is InChI=1S/C10H17N3O/c1-12(2)10(14)6-5-7-11-13-8-3-4-9-13/h3-4,8-9,11H,5-7H2,1-2H3. The van der Waals surface area contributed by atoms with Gasteiger partial charge in [0.05, 0.1) is 0 Å². The van der Waals surface area contributed by atoms with Crippen molar-refractivity contribution >= 4 is 5.91 Å². The predicted octanol–water partition coefficient (Wildman–Crippen LogP) is 0.900. The minimum absolute atomic E-state index is 0.180. The molecule has 0 aliphatic carbocycles. The van der Waals surface area contributed by atoms with Gasteiger partial charge in [0.25, 0.3) is 0 Å². The summed E-state index contributed by atoms with van der Waals surface area (Å²) in [5.74, 6) is 0.180. The van der Waals surface area contributed by atoms with E-state index in [1.54, 1.807) is 19.0 Å². The van der Waals surface area contributed by atoms with Crippen LogP contribution in [0.5, 0.6) is 0 Å². The second-order valence-electron chi connectivity index (χ2n) is 3.39. The fourth-order valence-corrected chi connectivity index (χ4v) is 1.11. The van der Waals surface area contributed by atoms with Gasteiger partial charge in [-0.25, -0.2) is 0 Å². The molecule has 4 heteroatoms. The van der Waals surface area contributed by atoms with Gasteiger partial charge in [-0.3, -0.25) is 9.47 Å². The van der Waals surface area contributed by atoms with Crippen molar-refractivity contribution in [1.29, 1.82) is 0 Å². The summed E-state index contributed by atoms with van der Waals surface area (Å²) in [6.07, 6.45) is 5.33. The van der Waals surface area contributed by atoms with E-state index in [1.165, 1.54) is 0 Å².